The van der Waals surface area contributed by atoms with Crippen molar-refractivity contribution in [2.45, 2.75) is 6.54 Å². The molecule has 23 heavy (non-hydrogen) atoms. The number of nitrogens with zero attached hydrogens (tertiary/aromatic N) is 3. The molecule has 1 aromatic carbocycles. The molecule has 0 atom stereocenters. The lowest BCUT2D eigenvalue weighted by Crippen LogP contribution is -2.27. The van der Waals surface area contributed by atoms with Gasteiger partial charge in [-0.2, -0.15) is 0 Å². The maximum Gasteiger partial charge on any atom is 0.257 e. The summed E-state index contributed by atoms with van der Waals surface area (Å²) in [4.78, 5) is 22.4. The van der Waals surface area contributed by atoms with Crippen LogP contribution in [0.4, 0.5) is 0 Å². The number of pyridine rings is 2. The largest absolute Gasteiger partial charge is 0.337 e. The molecule has 116 valence electrons. The fourth-order valence-electron chi connectivity index (χ4n) is 2.43. The number of hydrogen-bond acceptors (Lipinski definition) is 3. The molecule has 0 N–H and O–H groups in total. The molecule has 6 heteroatoms. The lowest BCUT2D eigenvalue weighted by Gasteiger charge is -2.19. The predicted molar refractivity (Wildman–Crippen MR) is 91.8 cm³/mol. The van der Waals surface area contributed by atoms with Crippen molar-refractivity contribution in [3.05, 3.63) is 70.1 Å². The number of hydrogen-bond donors (Lipinski definition) is 0. The Hall–Kier alpha value is -2.17. The van der Waals surface area contributed by atoms with E-state index in [1.54, 1.807) is 18.1 Å². The summed E-state index contributed by atoms with van der Waals surface area (Å²) < 4.78 is 0. The maximum atomic E-state index is 12.6. The van der Waals surface area contributed by atoms with E-state index in [9.17, 15) is 4.79 Å². The topological polar surface area (TPSA) is 46.1 Å². The van der Waals surface area contributed by atoms with E-state index in [1.165, 1.54) is 12.4 Å². The van der Waals surface area contributed by atoms with Crippen LogP contribution in [0.5, 0.6) is 0 Å². The first-order chi connectivity index (χ1) is 11.1. The van der Waals surface area contributed by atoms with Gasteiger partial charge in [-0.25, -0.2) is 0 Å². The number of fused-ring (bicyclic) bond motifs is 1. The molecule has 2 heterocycles. The first-order valence-corrected chi connectivity index (χ1v) is 7.70. The summed E-state index contributed by atoms with van der Waals surface area (Å²) >= 11 is 12.1. The Labute approximate surface area is 143 Å². The first kappa shape index (κ1) is 15.7. The summed E-state index contributed by atoms with van der Waals surface area (Å²) in [7, 11) is 1.71. The van der Waals surface area contributed by atoms with Crippen LogP contribution in [-0.2, 0) is 6.54 Å². The lowest BCUT2D eigenvalue weighted by molar-refractivity contribution is 0.0786. The van der Waals surface area contributed by atoms with Crippen molar-refractivity contribution < 1.29 is 4.79 Å². The molecular weight excluding hydrogens is 333 g/mol. The van der Waals surface area contributed by atoms with Crippen LogP contribution in [0.25, 0.3) is 10.9 Å². The van der Waals surface area contributed by atoms with Crippen molar-refractivity contribution in [1.82, 2.24) is 14.9 Å². The van der Waals surface area contributed by atoms with Gasteiger partial charge in [0.25, 0.3) is 5.91 Å². The molecule has 0 aliphatic heterocycles. The summed E-state index contributed by atoms with van der Waals surface area (Å²) in [6, 6.07) is 9.72. The van der Waals surface area contributed by atoms with E-state index in [0.717, 1.165) is 16.5 Å². The number of para-hydroxylation sites is 1. The first-order valence-electron chi connectivity index (χ1n) is 6.95. The van der Waals surface area contributed by atoms with Gasteiger partial charge in [0.05, 0.1) is 21.1 Å². The van der Waals surface area contributed by atoms with E-state index >= 15 is 0 Å². The summed E-state index contributed by atoms with van der Waals surface area (Å²) in [6.07, 6.45) is 4.56. The van der Waals surface area contributed by atoms with Gasteiger partial charge in [-0.3, -0.25) is 14.8 Å². The molecule has 4 nitrogen and oxygen atoms in total. The number of aromatic nitrogens is 2. The second-order valence-corrected chi connectivity index (χ2v) is 5.94. The molecule has 0 fully saturated rings. The third-order valence-electron chi connectivity index (χ3n) is 3.56. The van der Waals surface area contributed by atoms with E-state index in [0.29, 0.717) is 6.54 Å². The van der Waals surface area contributed by atoms with Gasteiger partial charge < -0.3 is 4.90 Å². The number of amides is 1. The van der Waals surface area contributed by atoms with Crippen molar-refractivity contribution >= 4 is 40.0 Å². The van der Waals surface area contributed by atoms with E-state index in [-0.39, 0.29) is 21.5 Å². The Kier molecular flexibility index (Phi) is 4.46. The zero-order chi connectivity index (χ0) is 16.4. The fourth-order valence-corrected chi connectivity index (χ4v) is 2.95. The molecule has 0 unspecified atom stereocenters. The van der Waals surface area contributed by atoms with Crippen molar-refractivity contribution in [2.75, 3.05) is 7.05 Å². The van der Waals surface area contributed by atoms with Gasteiger partial charge >= 0.3 is 0 Å². The average molecular weight is 346 g/mol. The minimum Gasteiger partial charge on any atom is -0.337 e. The molecule has 0 aliphatic rings. The molecule has 1 amide bonds. The summed E-state index contributed by atoms with van der Waals surface area (Å²) in [5, 5.41) is 1.50. The highest BCUT2D eigenvalue weighted by Gasteiger charge is 2.19. The molecule has 0 aliphatic carbocycles. The highest BCUT2D eigenvalue weighted by atomic mass is 35.5. The Bertz CT molecular complexity index is 857. The Morgan fingerprint density at radius 1 is 1.13 bits per heavy atom. The molecule has 0 saturated heterocycles. The second kappa shape index (κ2) is 6.52. The molecular formula is C17H13Cl2N3O. The Morgan fingerprint density at radius 3 is 2.57 bits per heavy atom. The van der Waals surface area contributed by atoms with Gasteiger partial charge in [0.15, 0.2) is 0 Å². The molecule has 0 bridgehead atoms. The molecule has 0 saturated carbocycles. The van der Waals surface area contributed by atoms with Crippen LogP contribution in [0, 0.1) is 0 Å². The minimum absolute atomic E-state index is 0.244. The third kappa shape index (κ3) is 3.14. The van der Waals surface area contributed by atoms with Crippen LogP contribution in [0.15, 0.2) is 48.9 Å². The maximum absolute atomic E-state index is 12.6. The van der Waals surface area contributed by atoms with Crippen LogP contribution in [0.2, 0.25) is 10.0 Å². The number of halogens is 2. The Balaban J connectivity index is 1.92. The zero-order valence-electron chi connectivity index (χ0n) is 12.3. The van der Waals surface area contributed by atoms with Crippen LogP contribution < -0.4 is 0 Å². The van der Waals surface area contributed by atoms with E-state index in [1.807, 2.05) is 30.3 Å². The van der Waals surface area contributed by atoms with E-state index in [2.05, 4.69) is 9.97 Å². The highest BCUT2D eigenvalue weighted by molar-refractivity contribution is 6.39. The van der Waals surface area contributed by atoms with Crippen LogP contribution in [0.3, 0.4) is 0 Å². The van der Waals surface area contributed by atoms with Crippen molar-refractivity contribution in [3.8, 4) is 0 Å². The zero-order valence-corrected chi connectivity index (χ0v) is 13.8. The normalized spacial score (nSPS) is 10.7. The van der Waals surface area contributed by atoms with Gasteiger partial charge in [0.2, 0.25) is 0 Å². The van der Waals surface area contributed by atoms with Gasteiger partial charge in [0.1, 0.15) is 0 Å². The lowest BCUT2D eigenvalue weighted by atomic mass is 10.1. The standard InChI is InChI=1S/C17H13Cl2N3O/c1-22(17(23)16-13(18)8-20-9-14(16)19)10-11-6-7-21-15-5-3-2-4-12(11)15/h2-9H,10H2,1H3. The molecule has 0 spiro atoms. The molecule has 3 aromatic rings. The SMILES string of the molecule is CN(Cc1ccnc2ccccc12)C(=O)c1c(Cl)cncc1Cl. The van der Waals surface area contributed by atoms with Crippen LogP contribution >= 0.6 is 23.2 Å². The quantitative estimate of drug-likeness (QED) is 0.714. The van der Waals surface area contributed by atoms with Crippen LogP contribution in [-0.4, -0.2) is 27.8 Å². The van der Waals surface area contributed by atoms with Crippen molar-refractivity contribution in [2.24, 2.45) is 0 Å². The number of benzene rings is 1. The highest BCUT2D eigenvalue weighted by Crippen LogP contribution is 2.25. The summed E-state index contributed by atoms with van der Waals surface area (Å²) in [6.45, 7) is 0.427. The third-order valence-corrected chi connectivity index (χ3v) is 4.13. The Morgan fingerprint density at radius 2 is 1.83 bits per heavy atom. The molecule has 0 radical (unpaired) electrons. The fraction of sp³-hybridized carbons (Fsp3) is 0.118. The van der Waals surface area contributed by atoms with Gasteiger partial charge in [-0.15, -0.1) is 0 Å². The van der Waals surface area contributed by atoms with Gasteiger partial charge in [-0.1, -0.05) is 41.4 Å². The molecule has 2 aromatic heterocycles. The average Bonchev–Trinajstić information content (AvgIpc) is 2.55. The number of carbonyl (C=O) groups excluding carboxylic acids is 1. The predicted octanol–water partition coefficient (Wildman–Crippen LogP) is 4.21. The smallest absolute Gasteiger partial charge is 0.257 e. The van der Waals surface area contributed by atoms with Crippen LogP contribution in [0.1, 0.15) is 15.9 Å². The minimum atomic E-state index is -0.247. The van der Waals surface area contributed by atoms with E-state index < -0.39 is 0 Å². The summed E-state index contributed by atoms with van der Waals surface area (Å²) in [5.41, 5.74) is 2.17. The number of carbonyl (C=O) groups is 1. The monoisotopic (exact) mass is 345 g/mol. The van der Waals surface area contributed by atoms with Crippen molar-refractivity contribution in [3.63, 3.8) is 0 Å². The van der Waals surface area contributed by atoms with Gasteiger partial charge in [0, 0.05) is 37.6 Å². The number of rotatable bonds is 3. The molecule has 3 rings (SSSR count). The van der Waals surface area contributed by atoms with Crippen molar-refractivity contribution in [1.29, 1.82) is 0 Å². The van der Waals surface area contributed by atoms with E-state index in [4.69, 9.17) is 23.2 Å². The van der Waals surface area contributed by atoms with Gasteiger partial charge in [-0.05, 0) is 17.7 Å². The summed E-state index contributed by atoms with van der Waals surface area (Å²) in [5.74, 6) is -0.247. The second-order valence-electron chi connectivity index (χ2n) is 5.13.